The van der Waals surface area contributed by atoms with Crippen LogP contribution in [0.15, 0.2) is 6.07 Å². The minimum absolute atomic E-state index is 0.156. The molecule has 166 valence electrons. The van der Waals surface area contributed by atoms with Crippen molar-refractivity contribution in [1.29, 1.82) is 0 Å². The number of carbonyl (C=O) groups is 3. The van der Waals surface area contributed by atoms with Gasteiger partial charge in [0, 0.05) is 38.9 Å². The Morgan fingerprint density at radius 2 is 2.03 bits per heavy atom. The molecule has 2 N–H and O–H groups in total. The minimum Gasteiger partial charge on any atom is -0.382 e. The lowest BCUT2D eigenvalue weighted by atomic mass is 9.92. The lowest BCUT2D eigenvalue weighted by Gasteiger charge is -2.41. The molecule has 1 fully saturated rings. The van der Waals surface area contributed by atoms with Crippen LogP contribution in [-0.4, -0.2) is 70.8 Å². The molecule has 9 heteroatoms. The highest BCUT2D eigenvalue weighted by Gasteiger charge is 2.46. The quantitative estimate of drug-likeness (QED) is 0.619. The highest BCUT2D eigenvalue weighted by Crippen LogP contribution is 2.27. The van der Waals surface area contributed by atoms with Gasteiger partial charge >= 0.3 is 0 Å². The standard InChI is InChI=1S/C21H33N5O4/c1-4-30-12-8-11-22-18(27)16-13-17-19(28)25(3)21(2,14-26(17)24-16)20(29)23-15-9-6-5-7-10-15/h13,15H,4-12,14H2,1-3H3,(H,22,27)(H,23,29)/t21-/m1/s1. The summed E-state index contributed by atoms with van der Waals surface area (Å²) in [4.78, 5) is 39.9. The Morgan fingerprint density at radius 3 is 2.73 bits per heavy atom. The zero-order valence-electron chi connectivity index (χ0n) is 18.2. The van der Waals surface area contributed by atoms with Crippen LogP contribution < -0.4 is 10.6 Å². The van der Waals surface area contributed by atoms with Crippen molar-refractivity contribution in [1.82, 2.24) is 25.3 Å². The number of ether oxygens (including phenoxy) is 1. The number of nitrogens with zero attached hydrogens (tertiary/aromatic N) is 3. The molecule has 9 nitrogen and oxygen atoms in total. The molecule has 0 bridgehead atoms. The van der Waals surface area contributed by atoms with E-state index in [2.05, 4.69) is 15.7 Å². The predicted octanol–water partition coefficient (Wildman–Crippen LogP) is 1.33. The summed E-state index contributed by atoms with van der Waals surface area (Å²) in [5.41, 5.74) is -0.557. The maximum atomic E-state index is 13.1. The lowest BCUT2D eigenvalue weighted by molar-refractivity contribution is -0.133. The number of hydrogen-bond acceptors (Lipinski definition) is 5. The van der Waals surface area contributed by atoms with Gasteiger partial charge in [-0.2, -0.15) is 5.10 Å². The summed E-state index contributed by atoms with van der Waals surface area (Å²) in [6.45, 7) is 5.57. The Kier molecular flexibility index (Phi) is 7.12. The maximum absolute atomic E-state index is 13.1. The number of fused-ring (bicyclic) bond motifs is 1. The van der Waals surface area contributed by atoms with Gasteiger partial charge in [-0.3, -0.25) is 19.1 Å². The second-order valence-electron chi connectivity index (χ2n) is 8.33. The van der Waals surface area contributed by atoms with Crippen LogP contribution >= 0.6 is 0 Å². The van der Waals surface area contributed by atoms with Crippen LogP contribution in [-0.2, 0) is 16.1 Å². The van der Waals surface area contributed by atoms with Crippen molar-refractivity contribution >= 4 is 17.7 Å². The number of rotatable bonds is 8. The molecule has 3 amide bonds. The monoisotopic (exact) mass is 419 g/mol. The van der Waals surface area contributed by atoms with Crippen LogP contribution in [0.4, 0.5) is 0 Å². The van der Waals surface area contributed by atoms with Crippen molar-refractivity contribution in [3.8, 4) is 0 Å². The Labute approximate surface area is 177 Å². The van der Waals surface area contributed by atoms with Crippen LogP contribution in [0.25, 0.3) is 0 Å². The van der Waals surface area contributed by atoms with Crippen molar-refractivity contribution in [3.05, 3.63) is 17.5 Å². The molecule has 30 heavy (non-hydrogen) atoms. The fourth-order valence-corrected chi connectivity index (χ4v) is 4.04. The highest BCUT2D eigenvalue weighted by atomic mass is 16.5. The molecule has 1 aromatic heterocycles. The van der Waals surface area contributed by atoms with E-state index < -0.39 is 5.54 Å². The van der Waals surface area contributed by atoms with Gasteiger partial charge in [0.2, 0.25) is 5.91 Å². The highest BCUT2D eigenvalue weighted by molar-refractivity contribution is 6.01. The van der Waals surface area contributed by atoms with Gasteiger partial charge in [-0.1, -0.05) is 19.3 Å². The lowest BCUT2D eigenvalue weighted by Crippen LogP contribution is -2.63. The van der Waals surface area contributed by atoms with Crippen LogP contribution in [0, 0.1) is 0 Å². The normalized spacial score (nSPS) is 22.0. The van der Waals surface area contributed by atoms with Crippen molar-refractivity contribution in [2.45, 2.75) is 70.5 Å². The SMILES string of the molecule is CCOCCCNC(=O)c1cc2n(n1)C[C@](C)(C(=O)NC1CCCCC1)N(C)C2=O. The van der Waals surface area contributed by atoms with E-state index in [1.807, 2.05) is 6.92 Å². The number of hydrogen-bond donors (Lipinski definition) is 2. The summed E-state index contributed by atoms with van der Waals surface area (Å²) in [6, 6.07) is 1.65. The van der Waals surface area contributed by atoms with Gasteiger partial charge in [-0.15, -0.1) is 0 Å². The molecule has 1 aromatic rings. The van der Waals surface area contributed by atoms with Gasteiger partial charge < -0.3 is 20.3 Å². The molecule has 3 rings (SSSR count). The first-order valence-electron chi connectivity index (χ1n) is 10.9. The molecule has 0 radical (unpaired) electrons. The fraction of sp³-hybridized carbons (Fsp3) is 0.714. The molecule has 0 aromatic carbocycles. The summed E-state index contributed by atoms with van der Waals surface area (Å²) in [5, 5.41) is 10.2. The molecule has 2 heterocycles. The molecule has 1 saturated carbocycles. The van der Waals surface area contributed by atoms with Gasteiger partial charge in [0.05, 0.1) is 6.54 Å². The molecule has 0 saturated heterocycles. The van der Waals surface area contributed by atoms with Gasteiger partial charge in [-0.25, -0.2) is 0 Å². The van der Waals surface area contributed by atoms with E-state index in [9.17, 15) is 14.4 Å². The number of amides is 3. The smallest absolute Gasteiger partial charge is 0.272 e. The summed E-state index contributed by atoms with van der Waals surface area (Å²) in [6.07, 6.45) is 6.08. The van der Waals surface area contributed by atoms with Gasteiger partial charge in [-0.05, 0) is 33.1 Å². The summed E-state index contributed by atoms with van der Waals surface area (Å²) < 4.78 is 6.74. The van der Waals surface area contributed by atoms with Crippen LogP contribution in [0.5, 0.6) is 0 Å². The summed E-state index contributed by atoms with van der Waals surface area (Å²) in [7, 11) is 1.63. The molecule has 2 aliphatic rings. The van der Waals surface area contributed by atoms with Crippen molar-refractivity contribution < 1.29 is 19.1 Å². The average molecular weight is 420 g/mol. The molecule has 1 atom stereocenters. The largest absolute Gasteiger partial charge is 0.382 e. The van der Waals surface area contributed by atoms with E-state index in [1.165, 1.54) is 22.1 Å². The van der Waals surface area contributed by atoms with Crippen molar-refractivity contribution in [2.24, 2.45) is 0 Å². The molecule has 0 spiro atoms. The Bertz CT molecular complexity index is 786. The third kappa shape index (κ3) is 4.66. The van der Waals surface area contributed by atoms with Gasteiger partial charge in [0.25, 0.3) is 11.8 Å². The maximum Gasteiger partial charge on any atom is 0.272 e. The first-order chi connectivity index (χ1) is 14.4. The predicted molar refractivity (Wildman–Crippen MR) is 111 cm³/mol. The zero-order chi connectivity index (χ0) is 21.7. The molecular weight excluding hydrogens is 386 g/mol. The fourth-order valence-electron chi connectivity index (χ4n) is 4.04. The van der Waals surface area contributed by atoms with E-state index >= 15 is 0 Å². The Morgan fingerprint density at radius 1 is 1.30 bits per heavy atom. The van der Waals surface area contributed by atoms with E-state index in [1.54, 1.807) is 14.0 Å². The summed E-state index contributed by atoms with van der Waals surface area (Å²) in [5.74, 6) is -0.823. The minimum atomic E-state index is -1.06. The van der Waals surface area contributed by atoms with E-state index in [0.29, 0.717) is 31.9 Å². The Balaban J connectivity index is 1.68. The topological polar surface area (TPSA) is 106 Å². The van der Waals surface area contributed by atoms with E-state index in [-0.39, 0.29) is 36.0 Å². The van der Waals surface area contributed by atoms with Crippen LogP contribution in [0.3, 0.4) is 0 Å². The van der Waals surface area contributed by atoms with E-state index in [0.717, 1.165) is 25.7 Å². The molecular formula is C21H33N5O4. The third-order valence-electron chi connectivity index (χ3n) is 6.12. The molecule has 1 aliphatic heterocycles. The van der Waals surface area contributed by atoms with Crippen LogP contribution in [0.1, 0.15) is 73.3 Å². The van der Waals surface area contributed by atoms with E-state index in [4.69, 9.17) is 4.74 Å². The zero-order valence-corrected chi connectivity index (χ0v) is 18.2. The second kappa shape index (κ2) is 9.59. The van der Waals surface area contributed by atoms with Crippen LogP contribution in [0.2, 0.25) is 0 Å². The number of nitrogens with one attached hydrogen (secondary N) is 2. The Hall–Kier alpha value is -2.42. The molecule has 0 unspecified atom stereocenters. The summed E-state index contributed by atoms with van der Waals surface area (Å²) >= 11 is 0. The second-order valence-corrected chi connectivity index (χ2v) is 8.33. The third-order valence-corrected chi connectivity index (χ3v) is 6.12. The molecule has 1 aliphatic carbocycles. The number of likely N-dealkylation sites (N-methyl/N-ethyl adjacent to an activating group) is 1. The van der Waals surface area contributed by atoms with Crippen molar-refractivity contribution in [3.63, 3.8) is 0 Å². The average Bonchev–Trinajstić information content (AvgIpc) is 3.16. The first-order valence-corrected chi connectivity index (χ1v) is 10.9. The van der Waals surface area contributed by atoms with Gasteiger partial charge in [0.15, 0.2) is 5.69 Å². The first kappa shape index (κ1) is 22.3. The number of carbonyl (C=O) groups excluding carboxylic acids is 3. The van der Waals surface area contributed by atoms with Gasteiger partial charge in [0.1, 0.15) is 11.2 Å². The van der Waals surface area contributed by atoms with Crippen molar-refractivity contribution in [2.75, 3.05) is 26.8 Å². The number of aromatic nitrogens is 2.